The summed E-state index contributed by atoms with van der Waals surface area (Å²) >= 11 is 0. The van der Waals surface area contributed by atoms with Crippen LogP contribution in [0.1, 0.15) is 37.1 Å². The standard InChI is InChI=1S/C16H20N6/c1-10(2)22-12(4)15(11(3)20-22)21-7-6-17-16(21)14-8-18-13(5)19-9-14/h6-10H,1-5H3. The van der Waals surface area contributed by atoms with Gasteiger partial charge in [0.05, 0.1) is 22.6 Å². The van der Waals surface area contributed by atoms with Gasteiger partial charge in [-0.05, 0) is 34.6 Å². The third-order valence-corrected chi connectivity index (χ3v) is 3.70. The van der Waals surface area contributed by atoms with Crippen molar-refractivity contribution in [2.24, 2.45) is 0 Å². The maximum absolute atomic E-state index is 4.65. The zero-order valence-electron chi connectivity index (χ0n) is 13.6. The molecule has 3 aromatic rings. The summed E-state index contributed by atoms with van der Waals surface area (Å²) in [7, 11) is 0. The lowest BCUT2D eigenvalue weighted by Crippen LogP contribution is -2.06. The first-order valence-electron chi connectivity index (χ1n) is 7.37. The molecule has 6 nitrogen and oxygen atoms in total. The van der Waals surface area contributed by atoms with Crippen molar-refractivity contribution >= 4 is 0 Å². The van der Waals surface area contributed by atoms with E-state index in [0.717, 1.165) is 34.3 Å². The first-order chi connectivity index (χ1) is 10.5. The monoisotopic (exact) mass is 296 g/mol. The summed E-state index contributed by atoms with van der Waals surface area (Å²) in [5.41, 5.74) is 4.08. The highest BCUT2D eigenvalue weighted by Crippen LogP contribution is 2.26. The Labute approximate surface area is 129 Å². The van der Waals surface area contributed by atoms with Crippen LogP contribution in [0.25, 0.3) is 17.1 Å². The summed E-state index contributed by atoms with van der Waals surface area (Å²) in [6.45, 7) is 10.2. The van der Waals surface area contributed by atoms with Gasteiger partial charge in [0.1, 0.15) is 11.6 Å². The second-order valence-electron chi connectivity index (χ2n) is 5.70. The molecule has 0 aliphatic rings. The fraction of sp³-hybridized carbons (Fsp3) is 0.375. The molecular weight excluding hydrogens is 276 g/mol. The second kappa shape index (κ2) is 5.36. The lowest BCUT2D eigenvalue weighted by atomic mass is 10.2. The highest BCUT2D eigenvalue weighted by atomic mass is 15.3. The van der Waals surface area contributed by atoms with Gasteiger partial charge in [-0.2, -0.15) is 5.10 Å². The van der Waals surface area contributed by atoms with Crippen LogP contribution in [0.2, 0.25) is 0 Å². The van der Waals surface area contributed by atoms with E-state index >= 15 is 0 Å². The minimum absolute atomic E-state index is 0.321. The first-order valence-corrected chi connectivity index (χ1v) is 7.37. The van der Waals surface area contributed by atoms with E-state index in [1.807, 2.05) is 24.7 Å². The van der Waals surface area contributed by atoms with Gasteiger partial charge in [0.2, 0.25) is 0 Å². The molecule has 0 aliphatic carbocycles. The Bertz CT molecular complexity index is 795. The summed E-state index contributed by atoms with van der Waals surface area (Å²) in [4.78, 5) is 13.0. The molecule has 0 fully saturated rings. The van der Waals surface area contributed by atoms with Gasteiger partial charge in [0.15, 0.2) is 0 Å². The smallest absolute Gasteiger partial charge is 0.147 e. The van der Waals surface area contributed by atoms with Crippen LogP contribution in [0.15, 0.2) is 24.8 Å². The van der Waals surface area contributed by atoms with Gasteiger partial charge in [-0.1, -0.05) is 0 Å². The van der Waals surface area contributed by atoms with E-state index in [4.69, 9.17) is 0 Å². The molecule has 0 saturated heterocycles. The number of imidazole rings is 1. The Hall–Kier alpha value is -2.50. The van der Waals surface area contributed by atoms with Crippen LogP contribution >= 0.6 is 0 Å². The molecule has 0 unspecified atom stereocenters. The summed E-state index contributed by atoms with van der Waals surface area (Å²) in [5, 5.41) is 4.65. The van der Waals surface area contributed by atoms with Crippen molar-refractivity contribution < 1.29 is 0 Å². The predicted molar refractivity (Wildman–Crippen MR) is 85.0 cm³/mol. The summed E-state index contributed by atoms with van der Waals surface area (Å²) < 4.78 is 4.10. The van der Waals surface area contributed by atoms with Gasteiger partial charge in [-0.15, -0.1) is 0 Å². The molecule has 0 amide bonds. The number of aromatic nitrogens is 6. The Morgan fingerprint density at radius 2 is 1.68 bits per heavy atom. The highest BCUT2D eigenvalue weighted by molar-refractivity contribution is 5.58. The molecule has 3 rings (SSSR count). The van der Waals surface area contributed by atoms with E-state index in [9.17, 15) is 0 Å². The molecule has 0 bridgehead atoms. The van der Waals surface area contributed by atoms with Gasteiger partial charge in [0.25, 0.3) is 0 Å². The minimum Gasteiger partial charge on any atom is -0.296 e. The second-order valence-corrected chi connectivity index (χ2v) is 5.70. The largest absolute Gasteiger partial charge is 0.296 e. The Balaban J connectivity index is 2.15. The summed E-state index contributed by atoms with van der Waals surface area (Å²) in [5.74, 6) is 1.58. The van der Waals surface area contributed by atoms with Crippen molar-refractivity contribution in [2.45, 2.75) is 40.7 Å². The van der Waals surface area contributed by atoms with Gasteiger partial charge in [0, 0.05) is 30.8 Å². The van der Waals surface area contributed by atoms with Crippen molar-refractivity contribution in [3.8, 4) is 17.1 Å². The molecule has 3 heterocycles. The van der Waals surface area contributed by atoms with Gasteiger partial charge in [-0.25, -0.2) is 15.0 Å². The summed E-state index contributed by atoms with van der Waals surface area (Å²) in [6.07, 6.45) is 7.36. The number of aryl methyl sites for hydroxylation is 2. The first kappa shape index (κ1) is 14.4. The normalized spacial score (nSPS) is 11.4. The van der Waals surface area contributed by atoms with Crippen molar-refractivity contribution in [1.82, 2.24) is 29.3 Å². The Kier molecular flexibility index (Phi) is 3.52. The predicted octanol–water partition coefficient (Wildman–Crippen LogP) is 3.03. The van der Waals surface area contributed by atoms with Crippen LogP contribution in [0.5, 0.6) is 0 Å². The van der Waals surface area contributed by atoms with E-state index in [-0.39, 0.29) is 0 Å². The number of nitrogens with zero attached hydrogens (tertiary/aromatic N) is 6. The fourth-order valence-corrected chi connectivity index (χ4v) is 2.71. The average Bonchev–Trinajstić information content (AvgIpc) is 3.04. The molecule has 22 heavy (non-hydrogen) atoms. The maximum Gasteiger partial charge on any atom is 0.147 e. The molecule has 0 atom stereocenters. The zero-order chi connectivity index (χ0) is 15.9. The van der Waals surface area contributed by atoms with E-state index in [1.165, 1.54) is 0 Å². The SMILES string of the molecule is Cc1ncc(-c2nccn2-c2c(C)nn(C(C)C)c2C)cn1. The van der Waals surface area contributed by atoms with Crippen molar-refractivity contribution in [3.05, 3.63) is 42.0 Å². The summed E-state index contributed by atoms with van der Waals surface area (Å²) in [6, 6.07) is 0.321. The third-order valence-electron chi connectivity index (χ3n) is 3.70. The quantitative estimate of drug-likeness (QED) is 0.745. The molecule has 6 heteroatoms. The molecule has 0 spiro atoms. The van der Waals surface area contributed by atoms with Gasteiger partial charge < -0.3 is 0 Å². The third kappa shape index (κ3) is 2.30. The zero-order valence-corrected chi connectivity index (χ0v) is 13.6. The molecule has 0 saturated carbocycles. The van der Waals surface area contributed by atoms with Crippen LogP contribution in [0.3, 0.4) is 0 Å². The van der Waals surface area contributed by atoms with Crippen LogP contribution in [-0.2, 0) is 0 Å². The Morgan fingerprint density at radius 1 is 1.00 bits per heavy atom. The number of hydrogen-bond donors (Lipinski definition) is 0. The molecule has 3 aromatic heterocycles. The van der Waals surface area contributed by atoms with E-state index in [2.05, 4.69) is 45.4 Å². The van der Waals surface area contributed by atoms with Crippen LogP contribution < -0.4 is 0 Å². The van der Waals surface area contributed by atoms with Crippen molar-refractivity contribution in [3.63, 3.8) is 0 Å². The lowest BCUT2D eigenvalue weighted by Gasteiger charge is -2.11. The van der Waals surface area contributed by atoms with Crippen molar-refractivity contribution in [1.29, 1.82) is 0 Å². The molecule has 0 radical (unpaired) electrons. The van der Waals surface area contributed by atoms with Crippen molar-refractivity contribution in [2.75, 3.05) is 0 Å². The molecule has 0 aromatic carbocycles. The minimum atomic E-state index is 0.321. The van der Waals surface area contributed by atoms with Crippen LogP contribution in [0.4, 0.5) is 0 Å². The average molecular weight is 296 g/mol. The highest BCUT2D eigenvalue weighted by Gasteiger charge is 2.18. The number of hydrogen-bond acceptors (Lipinski definition) is 4. The van der Waals surface area contributed by atoms with Crippen LogP contribution in [0, 0.1) is 20.8 Å². The molecule has 114 valence electrons. The maximum atomic E-state index is 4.65. The van der Waals surface area contributed by atoms with Gasteiger partial charge in [-0.3, -0.25) is 9.25 Å². The van der Waals surface area contributed by atoms with Gasteiger partial charge >= 0.3 is 0 Å². The molecule has 0 N–H and O–H groups in total. The molecule has 0 aliphatic heterocycles. The fourth-order valence-electron chi connectivity index (χ4n) is 2.71. The van der Waals surface area contributed by atoms with E-state index in [0.29, 0.717) is 6.04 Å². The van der Waals surface area contributed by atoms with Crippen LogP contribution in [-0.4, -0.2) is 29.3 Å². The van der Waals surface area contributed by atoms with E-state index in [1.54, 1.807) is 18.6 Å². The number of rotatable bonds is 3. The van der Waals surface area contributed by atoms with E-state index < -0.39 is 0 Å². The topological polar surface area (TPSA) is 61.4 Å². The molecular formula is C16H20N6. The lowest BCUT2D eigenvalue weighted by molar-refractivity contribution is 0.516. The Morgan fingerprint density at radius 3 is 2.27 bits per heavy atom.